The maximum Gasteiger partial charge on any atom is 0.171 e. The predicted molar refractivity (Wildman–Crippen MR) is 46.8 cm³/mol. The van der Waals surface area contributed by atoms with Crippen LogP contribution in [0.5, 0.6) is 5.75 Å². The topological polar surface area (TPSA) is 31.6 Å². The minimum Gasteiger partial charge on any atom is -0.492 e. The Balaban J connectivity index is 2.94. The van der Waals surface area contributed by atoms with E-state index in [4.69, 9.17) is 26.1 Å². The summed E-state index contributed by atoms with van der Waals surface area (Å²) < 4.78 is 15.6. The van der Waals surface area contributed by atoms with E-state index in [0.717, 1.165) is 0 Å². The van der Waals surface area contributed by atoms with Crippen LogP contribution in [0, 0.1) is 4.51 Å². The van der Waals surface area contributed by atoms with E-state index < -0.39 is 0 Å². The van der Waals surface area contributed by atoms with E-state index in [-0.39, 0.29) is 0 Å². The fourth-order valence-electron chi connectivity index (χ4n) is 0.805. The Morgan fingerprint density at radius 3 is 2.75 bits per heavy atom. The molecule has 0 radical (unpaired) electrons. The lowest BCUT2D eigenvalue weighted by Gasteiger charge is -2.01. The van der Waals surface area contributed by atoms with Crippen LogP contribution < -0.4 is 4.74 Å². The average Bonchev–Trinajstić information content (AvgIpc) is 2.05. The average molecular weight is 186 g/mol. The Morgan fingerprint density at radius 2 is 2.25 bits per heavy atom. The van der Waals surface area contributed by atoms with E-state index in [1.165, 1.54) is 6.26 Å². The highest BCUT2D eigenvalue weighted by Gasteiger charge is 1.98. The van der Waals surface area contributed by atoms with E-state index in [2.05, 4.69) is 0 Å². The maximum atomic E-state index is 5.15. The van der Waals surface area contributed by atoms with Crippen molar-refractivity contribution in [1.82, 2.24) is 0 Å². The van der Waals surface area contributed by atoms with Crippen molar-refractivity contribution in [2.45, 2.75) is 6.61 Å². The molecule has 0 saturated heterocycles. The Kier molecular flexibility index (Phi) is 3.25. The summed E-state index contributed by atoms with van der Waals surface area (Å²) in [6.07, 6.45) is 1.48. The number of ether oxygens (including phenoxy) is 2. The van der Waals surface area contributed by atoms with Crippen LogP contribution in [0.4, 0.5) is 0 Å². The van der Waals surface area contributed by atoms with Crippen molar-refractivity contribution in [2.75, 3.05) is 14.2 Å². The number of hydrogen-bond acceptors (Lipinski definition) is 4. The Labute approximate surface area is 75.9 Å². The van der Waals surface area contributed by atoms with Gasteiger partial charge in [0.25, 0.3) is 0 Å². The molecule has 0 atom stereocenters. The van der Waals surface area contributed by atoms with E-state index in [1.807, 2.05) is 0 Å². The zero-order chi connectivity index (χ0) is 8.97. The normalized spacial score (nSPS) is 9.83. The van der Waals surface area contributed by atoms with Crippen LogP contribution in [-0.2, 0) is 11.3 Å². The van der Waals surface area contributed by atoms with E-state index in [0.29, 0.717) is 22.6 Å². The lowest BCUT2D eigenvalue weighted by molar-refractivity contribution is 0.161. The molecule has 1 heterocycles. The van der Waals surface area contributed by atoms with Crippen LogP contribution in [0.15, 0.2) is 16.7 Å². The summed E-state index contributed by atoms with van der Waals surface area (Å²) >= 11 is 5.01. The van der Waals surface area contributed by atoms with Crippen molar-refractivity contribution < 1.29 is 13.9 Å². The third kappa shape index (κ3) is 2.06. The quantitative estimate of drug-likeness (QED) is 0.677. The SMILES string of the molecule is COCc1cc(=S)c(OC)co1. The van der Waals surface area contributed by atoms with Gasteiger partial charge in [0.05, 0.1) is 11.6 Å². The zero-order valence-corrected chi connectivity index (χ0v) is 7.81. The summed E-state index contributed by atoms with van der Waals surface area (Å²) in [5, 5.41) is 0. The number of hydrogen-bond donors (Lipinski definition) is 0. The van der Waals surface area contributed by atoms with E-state index in [1.54, 1.807) is 20.3 Å². The molecule has 3 nitrogen and oxygen atoms in total. The van der Waals surface area contributed by atoms with Crippen LogP contribution in [-0.4, -0.2) is 14.2 Å². The van der Waals surface area contributed by atoms with Gasteiger partial charge in [-0.3, -0.25) is 0 Å². The standard InChI is InChI=1S/C8H10O3S/c1-9-4-6-3-8(12)7(10-2)5-11-6/h3,5H,4H2,1-2H3. The van der Waals surface area contributed by atoms with E-state index >= 15 is 0 Å². The van der Waals surface area contributed by atoms with Gasteiger partial charge in [0.15, 0.2) is 5.75 Å². The molecule has 0 spiro atoms. The molecule has 0 amide bonds. The second kappa shape index (κ2) is 4.23. The molecular weight excluding hydrogens is 176 g/mol. The third-order valence-corrected chi connectivity index (χ3v) is 1.68. The van der Waals surface area contributed by atoms with Crippen LogP contribution in [0.1, 0.15) is 5.76 Å². The van der Waals surface area contributed by atoms with Crippen LogP contribution in [0.3, 0.4) is 0 Å². The van der Waals surface area contributed by atoms with Crippen molar-refractivity contribution in [3.05, 3.63) is 22.6 Å². The first kappa shape index (κ1) is 9.22. The first-order valence-electron chi connectivity index (χ1n) is 3.42. The number of rotatable bonds is 3. The molecular formula is C8H10O3S. The minimum absolute atomic E-state index is 0.424. The van der Waals surface area contributed by atoms with Gasteiger partial charge in [0.1, 0.15) is 18.6 Å². The molecule has 0 aliphatic carbocycles. The third-order valence-electron chi connectivity index (χ3n) is 1.36. The Bertz CT molecular complexity index is 305. The van der Waals surface area contributed by atoms with Gasteiger partial charge in [-0.15, -0.1) is 0 Å². The van der Waals surface area contributed by atoms with Gasteiger partial charge in [-0.2, -0.15) is 0 Å². The van der Waals surface area contributed by atoms with Gasteiger partial charge in [-0.25, -0.2) is 0 Å². The predicted octanol–water partition coefficient (Wildman–Crippen LogP) is 2.16. The largest absolute Gasteiger partial charge is 0.492 e. The van der Waals surface area contributed by atoms with Gasteiger partial charge in [0.2, 0.25) is 0 Å². The molecule has 66 valence electrons. The molecule has 0 aliphatic heterocycles. The summed E-state index contributed by atoms with van der Waals surface area (Å²) in [4.78, 5) is 0. The summed E-state index contributed by atoms with van der Waals surface area (Å²) in [7, 11) is 3.15. The van der Waals surface area contributed by atoms with Crippen molar-refractivity contribution in [3.8, 4) is 5.75 Å². The summed E-state index contributed by atoms with van der Waals surface area (Å²) in [5.41, 5.74) is 0. The van der Waals surface area contributed by atoms with Gasteiger partial charge in [-0.05, 0) is 0 Å². The van der Waals surface area contributed by atoms with Crippen LogP contribution in [0.25, 0.3) is 0 Å². The fraction of sp³-hybridized carbons (Fsp3) is 0.375. The molecule has 0 saturated carbocycles. The molecule has 0 unspecified atom stereocenters. The highest BCUT2D eigenvalue weighted by Crippen LogP contribution is 2.14. The monoisotopic (exact) mass is 186 g/mol. The molecule has 1 aromatic rings. The first-order chi connectivity index (χ1) is 5.77. The zero-order valence-electron chi connectivity index (χ0n) is 6.99. The summed E-state index contributed by atoms with van der Waals surface area (Å²) in [5.74, 6) is 1.27. The summed E-state index contributed by atoms with van der Waals surface area (Å²) in [6.45, 7) is 0.424. The first-order valence-corrected chi connectivity index (χ1v) is 3.83. The maximum absolute atomic E-state index is 5.15. The van der Waals surface area contributed by atoms with Gasteiger partial charge >= 0.3 is 0 Å². The van der Waals surface area contributed by atoms with Crippen molar-refractivity contribution in [3.63, 3.8) is 0 Å². The molecule has 0 N–H and O–H groups in total. The molecule has 0 bridgehead atoms. The second-order valence-corrected chi connectivity index (χ2v) is 2.65. The van der Waals surface area contributed by atoms with E-state index in [9.17, 15) is 0 Å². The summed E-state index contributed by atoms with van der Waals surface area (Å²) in [6, 6.07) is 1.72. The van der Waals surface area contributed by atoms with Gasteiger partial charge < -0.3 is 13.9 Å². The molecule has 0 aromatic carbocycles. The van der Waals surface area contributed by atoms with Gasteiger partial charge in [0, 0.05) is 13.2 Å². The molecule has 1 aromatic heterocycles. The van der Waals surface area contributed by atoms with Crippen molar-refractivity contribution in [1.29, 1.82) is 0 Å². The Morgan fingerprint density at radius 1 is 1.50 bits per heavy atom. The smallest absolute Gasteiger partial charge is 0.171 e. The second-order valence-electron chi connectivity index (χ2n) is 2.21. The van der Waals surface area contributed by atoms with Crippen LogP contribution >= 0.6 is 12.2 Å². The minimum atomic E-state index is 0.424. The van der Waals surface area contributed by atoms with Crippen LogP contribution in [0.2, 0.25) is 0 Å². The molecule has 0 aliphatic rings. The molecule has 4 heteroatoms. The Hall–Kier alpha value is -0.870. The lowest BCUT2D eigenvalue weighted by Crippen LogP contribution is -1.89. The molecule has 12 heavy (non-hydrogen) atoms. The lowest BCUT2D eigenvalue weighted by atomic mass is 10.4. The fourth-order valence-corrected chi connectivity index (χ4v) is 1.07. The van der Waals surface area contributed by atoms with Crippen molar-refractivity contribution >= 4 is 12.2 Å². The van der Waals surface area contributed by atoms with Gasteiger partial charge in [-0.1, -0.05) is 12.2 Å². The number of methoxy groups -OCH3 is 2. The molecule has 0 fully saturated rings. The molecule has 1 rings (SSSR count). The highest BCUT2D eigenvalue weighted by molar-refractivity contribution is 7.71. The van der Waals surface area contributed by atoms with Crippen molar-refractivity contribution in [2.24, 2.45) is 0 Å². The highest BCUT2D eigenvalue weighted by atomic mass is 32.1.